The van der Waals surface area contributed by atoms with Crippen molar-refractivity contribution in [1.82, 2.24) is 9.88 Å². The molecule has 0 radical (unpaired) electrons. The third-order valence-electron chi connectivity index (χ3n) is 2.59. The number of carbonyl (C=O) groups excluding carboxylic acids is 1. The maximum Gasteiger partial charge on any atom is 0.513 e. The fraction of sp³-hybridized carbons (Fsp3) is 0.308. The molecule has 0 fully saturated rings. The zero-order valence-corrected chi connectivity index (χ0v) is 10.7. The molecule has 2 rings (SSSR count). The molecule has 0 aliphatic rings. The number of carbonyl (C=O) groups is 1. The van der Waals surface area contributed by atoms with Gasteiger partial charge in [-0.25, -0.2) is 4.79 Å². The van der Waals surface area contributed by atoms with Gasteiger partial charge in [0, 0.05) is 23.6 Å². The van der Waals surface area contributed by atoms with E-state index in [2.05, 4.69) is 14.6 Å². The molecule has 1 heterocycles. The van der Waals surface area contributed by atoms with Crippen LogP contribution in [0, 0.1) is 0 Å². The monoisotopic (exact) mass is 248 g/mol. The maximum atomic E-state index is 11.1. The van der Waals surface area contributed by atoms with E-state index in [1.165, 1.54) is 7.11 Å². The van der Waals surface area contributed by atoms with Gasteiger partial charge < -0.3 is 19.4 Å². The number of aromatic nitrogens is 1. The normalized spacial score (nSPS) is 10.9. The lowest BCUT2D eigenvalue weighted by Gasteiger charge is -2.08. The molecule has 0 saturated heterocycles. The number of nitrogens with one attached hydrogen (secondary N) is 1. The van der Waals surface area contributed by atoms with Gasteiger partial charge in [-0.2, -0.15) is 0 Å². The second-order valence-corrected chi connectivity index (χ2v) is 4.32. The molecule has 0 atom stereocenters. The first kappa shape index (κ1) is 12.4. The minimum atomic E-state index is -0.709. The van der Waals surface area contributed by atoms with Gasteiger partial charge >= 0.3 is 6.16 Å². The molecule has 1 N–H and O–H groups in total. The number of aromatic amines is 1. The fourth-order valence-electron chi connectivity index (χ4n) is 1.83. The molecular formula is C13H16N2O3. The van der Waals surface area contributed by atoms with E-state index in [0.717, 1.165) is 23.0 Å². The Hall–Kier alpha value is -2.01. The predicted octanol–water partition coefficient (Wildman–Crippen LogP) is 2.37. The van der Waals surface area contributed by atoms with Gasteiger partial charge in [-0.05, 0) is 37.9 Å². The summed E-state index contributed by atoms with van der Waals surface area (Å²) in [5, 5.41) is 1.05. The van der Waals surface area contributed by atoms with E-state index < -0.39 is 6.16 Å². The Morgan fingerprint density at radius 1 is 1.39 bits per heavy atom. The standard InChI is InChI=1S/C13H16N2O3/c1-15(2)8-9-7-14-12-5-4-10(6-11(9)12)18-13(16)17-3/h4-7,14H,8H2,1-3H3. The minimum Gasteiger partial charge on any atom is -0.437 e. The minimum absolute atomic E-state index is 0.481. The first-order valence-electron chi connectivity index (χ1n) is 5.60. The number of fused-ring (bicyclic) bond motifs is 1. The summed E-state index contributed by atoms with van der Waals surface area (Å²) < 4.78 is 9.48. The predicted molar refractivity (Wildman–Crippen MR) is 68.7 cm³/mol. The molecule has 0 amide bonds. The highest BCUT2D eigenvalue weighted by atomic mass is 16.7. The molecule has 0 bridgehead atoms. The molecule has 0 unspecified atom stereocenters. The van der Waals surface area contributed by atoms with Crippen molar-refractivity contribution >= 4 is 17.1 Å². The molecule has 0 aliphatic carbocycles. The molecule has 1 aromatic carbocycles. The maximum absolute atomic E-state index is 11.1. The van der Waals surface area contributed by atoms with Gasteiger partial charge in [0.15, 0.2) is 0 Å². The van der Waals surface area contributed by atoms with E-state index in [9.17, 15) is 4.79 Å². The second-order valence-electron chi connectivity index (χ2n) is 4.32. The Morgan fingerprint density at radius 3 is 2.83 bits per heavy atom. The van der Waals surface area contributed by atoms with Gasteiger partial charge in [-0.3, -0.25) is 0 Å². The van der Waals surface area contributed by atoms with E-state index >= 15 is 0 Å². The van der Waals surface area contributed by atoms with E-state index in [0.29, 0.717) is 5.75 Å². The van der Waals surface area contributed by atoms with Crippen LogP contribution in [0.2, 0.25) is 0 Å². The number of hydrogen-bond acceptors (Lipinski definition) is 4. The zero-order chi connectivity index (χ0) is 13.1. The SMILES string of the molecule is COC(=O)Oc1ccc2[nH]cc(CN(C)C)c2c1. The number of rotatable bonds is 3. The van der Waals surface area contributed by atoms with Crippen LogP contribution in [-0.4, -0.2) is 37.2 Å². The van der Waals surface area contributed by atoms with Crippen LogP contribution in [-0.2, 0) is 11.3 Å². The summed E-state index contributed by atoms with van der Waals surface area (Å²) in [5.41, 5.74) is 2.18. The molecule has 0 spiro atoms. The van der Waals surface area contributed by atoms with E-state index in [4.69, 9.17) is 4.74 Å². The summed E-state index contributed by atoms with van der Waals surface area (Å²) in [5.74, 6) is 0.481. The average molecular weight is 248 g/mol. The van der Waals surface area contributed by atoms with Crippen LogP contribution in [0.25, 0.3) is 10.9 Å². The number of H-pyrrole nitrogens is 1. The lowest BCUT2D eigenvalue weighted by Crippen LogP contribution is -2.10. The van der Waals surface area contributed by atoms with Crippen molar-refractivity contribution in [3.63, 3.8) is 0 Å². The largest absolute Gasteiger partial charge is 0.513 e. The van der Waals surface area contributed by atoms with Crippen LogP contribution in [0.15, 0.2) is 24.4 Å². The number of hydrogen-bond donors (Lipinski definition) is 1. The summed E-state index contributed by atoms with van der Waals surface area (Å²) in [6.45, 7) is 0.821. The lowest BCUT2D eigenvalue weighted by atomic mass is 10.1. The summed E-state index contributed by atoms with van der Waals surface area (Å²) in [4.78, 5) is 16.3. The molecule has 2 aromatic rings. The van der Waals surface area contributed by atoms with Crippen molar-refractivity contribution < 1.29 is 14.3 Å². The van der Waals surface area contributed by atoms with Gasteiger partial charge in [0.05, 0.1) is 7.11 Å². The lowest BCUT2D eigenvalue weighted by molar-refractivity contribution is 0.121. The van der Waals surface area contributed by atoms with Gasteiger partial charge in [0.25, 0.3) is 0 Å². The van der Waals surface area contributed by atoms with Gasteiger partial charge in [-0.1, -0.05) is 0 Å². The Morgan fingerprint density at radius 2 is 2.17 bits per heavy atom. The molecule has 1 aromatic heterocycles. The summed E-state index contributed by atoms with van der Waals surface area (Å²) in [6.07, 6.45) is 1.26. The van der Waals surface area contributed by atoms with Crippen LogP contribution < -0.4 is 4.74 Å². The topological polar surface area (TPSA) is 54.6 Å². The number of ether oxygens (including phenoxy) is 2. The van der Waals surface area contributed by atoms with Crippen LogP contribution in [0.1, 0.15) is 5.56 Å². The second kappa shape index (κ2) is 5.10. The first-order chi connectivity index (χ1) is 8.60. The number of methoxy groups -OCH3 is 1. The molecule has 5 heteroatoms. The van der Waals surface area contributed by atoms with E-state index in [1.54, 1.807) is 6.07 Å². The molecule has 0 saturated carbocycles. The van der Waals surface area contributed by atoms with E-state index in [-0.39, 0.29) is 0 Å². The van der Waals surface area contributed by atoms with Crippen LogP contribution in [0.4, 0.5) is 4.79 Å². The third kappa shape index (κ3) is 2.62. The zero-order valence-electron chi connectivity index (χ0n) is 10.7. The Bertz CT molecular complexity index is 560. The highest BCUT2D eigenvalue weighted by Crippen LogP contribution is 2.24. The van der Waals surface area contributed by atoms with Crippen LogP contribution in [0.3, 0.4) is 0 Å². The quantitative estimate of drug-likeness (QED) is 0.669. The van der Waals surface area contributed by atoms with Crippen molar-refractivity contribution in [3.8, 4) is 5.75 Å². The smallest absolute Gasteiger partial charge is 0.437 e. The van der Waals surface area contributed by atoms with Crippen molar-refractivity contribution in [3.05, 3.63) is 30.0 Å². The highest BCUT2D eigenvalue weighted by molar-refractivity contribution is 5.85. The van der Waals surface area contributed by atoms with Crippen LogP contribution in [0.5, 0.6) is 5.75 Å². The summed E-state index contributed by atoms with van der Waals surface area (Å²) >= 11 is 0. The first-order valence-corrected chi connectivity index (χ1v) is 5.60. The molecular weight excluding hydrogens is 232 g/mol. The molecule has 96 valence electrons. The van der Waals surface area contributed by atoms with Crippen molar-refractivity contribution in [2.45, 2.75) is 6.54 Å². The molecule has 0 aliphatic heterocycles. The van der Waals surface area contributed by atoms with Crippen molar-refractivity contribution in [2.24, 2.45) is 0 Å². The Balaban J connectivity index is 2.33. The van der Waals surface area contributed by atoms with Crippen molar-refractivity contribution in [2.75, 3.05) is 21.2 Å². The van der Waals surface area contributed by atoms with Gasteiger partial charge in [0.2, 0.25) is 0 Å². The summed E-state index contributed by atoms with van der Waals surface area (Å²) in [6, 6.07) is 5.45. The number of benzene rings is 1. The van der Waals surface area contributed by atoms with Crippen molar-refractivity contribution in [1.29, 1.82) is 0 Å². The highest BCUT2D eigenvalue weighted by Gasteiger charge is 2.08. The van der Waals surface area contributed by atoms with E-state index in [1.807, 2.05) is 32.4 Å². The third-order valence-corrected chi connectivity index (χ3v) is 2.59. The Labute approximate surface area is 105 Å². The average Bonchev–Trinajstić information content (AvgIpc) is 2.71. The molecule has 5 nitrogen and oxygen atoms in total. The molecule has 18 heavy (non-hydrogen) atoms. The van der Waals surface area contributed by atoms with Crippen LogP contribution >= 0.6 is 0 Å². The fourth-order valence-corrected chi connectivity index (χ4v) is 1.83. The summed E-state index contributed by atoms with van der Waals surface area (Å²) in [7, 11) is 5.30. The Kier molecular flexibility index (Phi) is 3.53. The number of nitrogens with zero attached hydrogens (tertiary/aromatic N) is 1. The van der Waals surface area contributed by atoms with Gasteiger partial charge in [-0.15, -0.1) is 0 Å². The van der Waals surface area contributed by atoms with Gasteiger partial charge in [0.1, 0.15) is 5.75 Å².